The molecule has 0 saturated heterocycles. The molecule has 3 atom stereocenters. The van der Waals surface area contributed by atoms with Gasteiger partial charge in [-0.15, -0.1) is 0 Å². The van der Waals surface area contributed by atoms with Crippen LogP contribution in [0.25, 0.3) is 0 Å². The summed E-state index contributed by atoms with van der Waals surface area (Å²) < 4.78 is 15.7. The first-order chi connectivity index (χ1) is 14.3. The predicted octanol–water partition coefficient (Wildman–Crippen LogP) is 2.87. The van der Waals surface area contributed by atoms with Crippen molar-refractivity contribution in [3.05, 3.63) is 52.4 Å². The maximum absolute atomic E-state index is 13.6. The topological polar surface area (TPSA) is 90.9 Å². The van der Waals surface area contributed by atoms with Gasteiger partial charge >= 0.3 is 11.9 Å². The zero-order chi connectivity index (χ0) is 22.0. The van der Waals surface area contributed by atoms with Crippen molar-refractivity contribution in [3.63, 3.8) is 0 Å². The molecule has 0 fully saturated rings. The molecule has 0 spiro atoms. The maximum atomic E-state index is 13.6. The van der Waals surface area contributed by atoms with E-state index in [2.05, 4.69) is 5.32 Å². The minimum Gasteiger partial charge on any atom is -0.496 e. The Balaban J connectivity index is 2.23. The number of allylic oxidation sites excluding steroid dienone is 3. The highest BCUT2D eigenvalue weighted by Crippen LogP contribution is 2.47. The van der Waals surface area contributed by atoms with Gasteiger partial charge in [0, 0.05) is 22.5 Å². The van der Waals surface area contributed by atoms with E-state index in [4.69, 9.17) is 14.2 Å². The van der Waals surface area contributed by atoms with Gasteiger partial charge in [-0.3, -0.25) is 9.59 Å². The second kappa shape index (κ2) is 8.73. The number of Topliss-reactive ketones (excluding diaryl/α,β-unsaturated/α-hetero) is 1. The van der Waals surface area contributed by atoms with Crippen LogP contribution in [0.2, 0.25) is 0 Å². The van der Waals surface area contributed by atoms with Crippen molar-refractivity contribution in [2.45, 2.75) is 33.1 Å². The van der Waals surface area contributed by atoms with Crippen molar-refractivity contribution >= 4 is 17.7 Å². The second-order valence-electron chi connectivity index (χ2n) is 7.50. The Morgan fingerprint density at radius 2 is 1.90 bits per heavy atom. The first kappa shape index (κ1) is 21.6. The Labute approximate surface area is 176 Å². The lowest BCUT2D eigenvalue weighted by molar-refractivity contribution is -0.151. The SMILES string of the molecule is CCOC(=O)C1=C(C)NC2=C(C(=O)[C@@H](C(=O)OC)[C@@H](C)C2)[C@H]1c1ccccc1OC. The molecule has 30 heavy (non-hydrogen) atoms. The van der Waals surface area contributed by atoms with Gasteiger partial charge in [-0.1, -0.05) is 25.1 Å². The highest BCUT2D eigenvalue weighted by Gasteiger charge is 2.47. The summed E-state index contributed by atoms with van der Waals surface area (Å²) in [6.07, 6.45) is 0.486. The van der Waals surface area contributed by atoms with Crippen LogP contribution in [0.15, 0.2) is 46.8 Å². The molecule has 7 heteroatoms. The molecule has 0 radical (unpaired) electrons. The molecule has 0 saturated carbocycles. The number of hydrogen-bond donors (Lipinski definition) is 1. The van der Waals surface area contributed by atoms with Gasteiger partial charge in [0.15, 0.2) is 5.78 Å². The van der Waals surface area contributed by atoms with E-state index in [9.17, 15) is 14.4 Å². The fourth-order valence-electron chi connectivity index (χ4n) is 4.38. The smallest absolute Gasteiger partial charge is 0.336 e. The van der Waals surface area contributed by atoms with Crippen molar-refractivity contribution in [3.8, 4) is 5.75 Å². The lowest BCUT2D eigenvalue weighted by Crippen LogP contribution is -2.43. The van der Waals surface area contributed by atoms with Crippen molar-refractivity contribution in [1.82, 2.24) is 5.32 Å². The number of esters is 2. The van der Waals surface area contributed by atoms with Crippen LogP contribution in [0.3, 0.4) is 0 Å². The van der Waals surface area contributed by atoms with Crippen LogP contribution in [0, 0.1) is 11.8 Å². The molecule has 3 rings (SSSR count). The van der Waals surface area contributed by atoms with E-state index in [1.165, 1.54) is 14.2 Å². The minimum atomic E-state index is -0.922. The highest BCUT2D eigenvalue weighted by molar-refractivity contribution is 6.12. The van der Waals surface area contributed by atoms with Crippen LogP contribution in [-0.4, -0.2) is 38.5 Å². The van der Waals surface area contributed by atoms with E-state index in [1.54, 1.807) is 19.9 Å². The van der Waals surface area contributed by atoms with Gasteiger partial charge in [0.2, 0.25) is 0 Å². The number of carbonyl (C=O) groups is 3. The summed E-state index contributed by atoms with van der Waals surface area (Å²) >= 11 is 0. The van der Waals surface area contributed by atoms with Crippen LogP contribution < -0.4 is 10.1 Å². The third-order valence-electron chi connectivity index (χ3n) is 5.69. The summed E-state index contributed by atoms with van der Waals surface area (Å²) in [5, 5.41) is 3.23. The Morgan fingerprint density at radius 1 is 1.20 bits per heavy atom. The number of ketones is 1. The minimum absolute atomic E-state index is 0.204. The molecule has 1 heterocycles. The van der Waals surface area contributed by atoms with Gasteiger partial charge in [0.05, 0.1) is 32.3 Å². The molecule has 2 aliphatic rings. The number of nitrogens with one attached hydrogen (secondary N) is 1. The molecule has 1 aliphatic heterocycles. The van der Waals surface area contributed by atoms with E-state index < -0.39 is 23.8 Å². The average molecular weight is 413 g/mol. The Morgan fingerprint density at radius 3 is 2.53 bits per heavy atom. The molecule has 1 N–H and O–H groups in total. The zero-order valence-corrected chi connectivity index (χ0v) is 17.9. The largest absolute Gasteiger partial charge is 0.496 e. The number of hydrogen-bond acceptors (Lipinski definition) is 7. The van der Waals surface area contributed by atoms with Crippen LogP contribution >= 0.6 is 0 Å². The standard InChI is InChI=1S/C23H27NO6/c1-6-30-23(27)18-13(3)24-15-11-12(2)17(22(26)29-5)21(25)20(15)19(18)14-9-7-8-10-16(14)28-4/h7-10,12,17,19,24H,6,11H2,1-5H3/t12-,17-,19-/m0/s1. The molecule has 0 unspecified atom stereocenters. The first-order valence-electron chi connectivity index (χ1n) is 9.98. The van der Waals surface area contributed by atoms with Crippen LogP contribution in [0.4, 0.5) is 0 Å². The van der Waals surface area contributed by atoms with E-state index in [1.807, 2.05) is 25.1 Å². The fraction of sp³-hybridized carbons (Fsp3) is 0.435. The number of benzene rings is 1. The number of dihydropyridines is 1. The fourth-order valence-corrected chi connectivity index (χ4v) is 4.38. The average Bonchev–Trinajstić information content (AvgIpc) is 2.72. The summed E-state index contributed by atoms with van der Waals surface area (Å²) in [7, 11) is 2.81. The number of ether oxygens (including phenoxy) is 3. The van der Waals surface area contributed by atoms with Gasteiger partial charge in [0.25, 0.3) is 0 Å². The van der Waals surface area contributed by atoms with Crippen molar-refractivity contribution < 1.29 is 28.6 Å². The number of carbonyl (C=O) groups excluding carboxylic acids is 3. The summed E-state index contributed by atoms with van der Waals surface area (Å²) in [5.41, 5.74) is 2.74. The van der Waals surface area contributed by atoms with Gasteiger partial charge in [-0.2, -0.15) is 0 Å². The second-order valence-corrected chi connectivity index (χ2v) is 7.50. The Kier molecular flexibility index (Phi) is 6.29. The molecule has 1 aromatic carbocycles. The molecule has 7 nitrogen and oxygen atoms in total. The first-order valence-corrected chi connectivity index (χ1v) is 9.98. The van der Waals surface area contributed by atoms with Gasteiger partial charge in [-0.25, -0.2) is 4.79 Å². The van der Waals surface area contributed by atoms with E-state index in [0.29, 0.717) is 40.3 Å². The number of para-hydroxylation sites is 1. The van der Waals surface area contributed by atoms with Gasteiger partial charge < -0.3 is 19.5 Å². The lowest BCUT2D eigenvalue weighted by atomic mass is 9.69. The summed E-state index contributed by atoms with van der Waals surface area (Å²) in [4.78, 5) is 38.9. The van der Waals surface area contributed by atoms with E-state index >= 15 is 0 Å². The molecule has 0 bridgehead atoms. The quantitative estimate of drug-likeness (QED) is 0.586. The maximum Gasteiger partial charge on any atom is 0.336 e. The van der Waals surface area contributed by atoms with Crippen LogP contribution in [0.5, 0.6) is 5.75 Å². The molecular formula is C23H27NO6. The highest BCUT2D eigenvalue weighted by atomic mass is 16.5. The van der Waals surface area contributed by atoms with Crippen molar-refractivity contribution in [2.75, 3.05) is 20.8 Å². The van der Waals surface area contributed by atoms with Gasteiger partial charge in [0.1, 0.15) is 11.7 Å². The summed E-state index contributed by atoms with van der Waals surface area (Å²) in [6.45, 7) is 5.58. The summed E-state index contributed by atoms with van der Waals surface area (Å²) in [5.74, 6) is -2.72. The molecule has 1 aliphatic carbocycles. The third kappa shape index (κ3) is 3.60. The zero-order valence-electron chi connectivity index (χ0n) is 17.9. The number of rotatable bonds is 5. The van der Waals surface area contributed by atoms with E-state index in [0.717, 1.165) is 0 Å². The Bertz CT molecular complexity index is 945. The van der Waals surface area contributed by atoms with Gasteiger partial charge in [-0.05, 0) is 32.3 Å². The van der Waals surface area contributed by atoms with Crippen LogP contribution in [-0.2, 0) is 23.9 Å². The van der Waals surface area contributed by atoms with Crippen LogP contribution in [0.1, 0.15) is 38.7 Å². The molecule has 1 aromatic rings. The molecule has 0 aromatic heterocycles. The van der Waals surface area contributed by atoms with Crippen molar-refractivity contribution in [1.29, 1.82) is 0 Å². The van der Waals surface area contributed by atoms with Crippen molar-refractivity contribution in [2.24, 2.45) is 11.8 Å². The monoisotopic (exact) mass is 413 g/mol. The number of methoxy groups -OCH3 is 2. The normalized spacial score (nSPS) is 23.5. The molecular weight excluding hydrogens is 386 g/mol. The Hall–Kier alpha value is -3.09. The molecule has 160 valence electrons. The predicted molar refractivity (Wildman–Crippen MR) is 110 cm³/mol. The molecule has 0 amide bonds. The summed E-state index contributed by atoms with van der Waals surface area (Å²) in [6, 6.07) is 7.25. The van der Waals surface area contributed by atoms with E-state index in [-0.39, 0.29) is 18.3 Å². The third-order valence-corrected chi connectivity index (χ3v) is 5.69. The lowest BCUT2D eigenvalue weighted by Gasteiger charge is -2.38.